The predicted molar refractivity (Wildman–Crippen MR) is 84.1 cm³/mol. The largest absolute Gasteiger partial charge is 0.291 e. The molecule has 1 aliphatic rings. The Morgan fingerprint density at radius 2 is 2.19 bits per heavy atom. The fourth-order valence-electron chi connectivity index (χ4n) is 2.24. The van der Waals surface area contributed by atoms with E-state index in [1.54, 1.807) is 13.1 Å². The normalized spacial score (nSPS) is 20.0. The minimum Gasteiger partial charge on any atom is -0.291 e. The van der Waals surface area contributed by atoms with Crippen LogP contribution in [0.3, 0.4) is 0 Å². The second kappa shape index (κ2) is 5.23. The molecule has 21 heavy (non-hydrogen) atoms. The Balaban J connectivity index is 1.74. The summed E-state index contributed by atoms with van der Waals surface area (Å²) in [6.45, 7) is 0. The summed E-state index contributed by atoms with van der Waals surface area (Å²) >= 11 is 1.45. The Kier molecular flexibility index (Phi) is 3.54. The number of thiazole rings is 1. The Hall–Kier alpha value is -1.73. The van der Waals surface area contributed by atoms with Crippen molar-refractivity contribution in [2.24, 2.45) is 5.92 Å². The molecular formula is C14H14N2O3S2. The first kappa shape index (κ1) is 14.2. The number of hydrogen-bond acceptors (Lipinski definition) is 5. The monoisotopic (exact) mass is 322 g/mol. The van der Waals surface area contributed by atoms with Crippen LogP contribution in [0.5, 0.6) is 0 Å². The van der Waals surface area contributed by atoms with Crippen molar-refractivity contribution in [3.63, 3.8) is 0 Å². The number of sulfone groups is 1. The van der Waals surface area contributed by atoms with Crippen LogP contribution in [0.4, 0.5) is 5.13 Å². The van der Waals surface area contributed by atoms with Gasteiger partial charge in [-0.25, -0.2) is 13.4 Å². The molecule has 0 saturated heterocycles. The first-order valence-corrected chi connectivity index (χ1v) is 9.01. The number of aromatic nitrogens is 1. The van der Waals surface area contributed by atoms with Gasteiger partial charge in [-0.3, -0.25) is 9.69 Å². The lowest BCUT2D eigenvalue weighted by Gasteiger charge is -2.15. The molecule has 1 aromatic carbocycles. The molecule has 1 aliphatic heterocycles. The number of allylic oxidation sites excluding steroid dienone is 1. The quantitative estimate of drug-likeness (QED) is 0.869. The Labute approximate surface area is 126 Å². The van der Waals surface area contributed by atoms with Crippen molar-refractivity contribution in [2.75, 3.05) is 17.7 Å². The lowest BCUT2D eigenvalue weighted by atomic mass is 10.1. The summed E-state index contributed by atoms with van der Waals surface area (Å²) in [5.74, 6) is -0.341. The van der Waals surface area contributed by atoms with Gasteiger partial charge in [-0.05, 0) is 12.1 Å². The van der Waals surface area contributed by atoms with E-state index in [0.717, 1.165) is 10.2 Å². The number of benzene rings is 1. The van der Waals surface area contributed by atoms with E-state index in [0.29, 0.717) is 5.13 Å². The molecule has 0 saturated carbocycles. The predicted octanol–water partition coefficient (Wildman–Crippen LogP) is 2.21. The topological polar surface area (TPSA) is 67.3 Å². The maximum Gasteiger partial charge on any atom is 0.229 e. The zero-order valence-electron chi connectivity index (χ0n) is 11.4. The number of para-hydroxylation sites is 1. The van der Waals surface area contributed by atoms with E-state index in [2.05, 4.69) is 4.98 Å². The van der Waals surface area contributed by atoms with Crippen LogP contribution in [0, 0.1) is 5.92 Å². The van der Waals surface area contributed by atoms with Crippen molar-refractivity contribution in [1.82, 2.24) is 4.98 Å². The van der Waals surface area contributed by atoms with Gasteiger partial charge < -0.3 is 0 Å². The molecule has 7 heteroatoms. The lowest BCUT2D eigenvalue weighted by molar-refractivity contribution is -0.118. The highest BCUT2D eigenvalue weighted by atomic mass is 32.2. The fraction of sp³-hybridized carbons (Fsp3) is 0.286. The SMILES string of the molecule is CN(C(=O)CC1C=CS(=O)(=O)C1)c1nc2ccccc2s1. The van der Waals surface area contributed by atoms with Gasteiger partial charge in [0.25, 0.3) is 0 Å². The minimum absolute atomic E-state index is 0.0203. The standard InChI is InChI=1S/C14H14N2O3S2/c1-16(13(17)8-10-6-7-21(18,19)9-10)14-15-11-4-2-3-5-12(11)20-14/h2-7,10H,8-9H2,1H3. The average Bonchev–Trinajstić information content (AvgIpc) is 3.00. The number of carbonyl (C=O) groups is 1. The zero-order chi connectivity index (χ0) is 15.0. The van der Waals surface area contributed by atoms with E-state index in [9.17, 15) is 13.2 Å². The molecule has 5 nitrogen and oxygen atoms in total. The molecule has 110 valence electrons. The van der Waals surface area contributed by atoms with Gasteiger partial charge in [0.15, 0.2) is 15.0 Å². The molecular weight excluding hydrogens is 308 g/mol. The van der Waals surface area contributed by atoms with E-state index in [4.69, 9.17) is 0 Å². The third-order valence-corrected chi connectivity index (χ3v) is 5.96. The number of carbonyl (C=O) groups excluding carboxylic acids is 1. The summed E-state index contributed by atoms with van der Waals surface area (Å²) in [5.41, 5.74) is 0.862. The van der Waals surface area contributed by atoms with Gasteiger partial charge in [0.2, 0.25) is 5.91 Å². The van der Waals surface area contributed by atoms with Crippen molar-refractivity contribution < 1.29 is 13.2 Å². The van der Waals surface area contributed by atoms with Gasteiger partial charge in [0, 0.05) is 24.8 Å². The highest BCUT2D eigenvalue weighted by Crippen LogP contribution is 2.29. The average molecular weight is 322 g/mol. The van der Waals surface area contributed by atoms with Gasteiger partial charge in [0.1, 0.15) is 0 Å². The van der Waals surface area contributed by atoms with Crippen LogP contribution in [0.1, 0.15) is 6.42 Å². The van der Waals surface area contributed by atoms with Crippen molar-refractivity contribution in [2.45, 2.75) is 6.42 Å². The molecule has 1 aromatic heterocycles. The van der Waals surface area contributed by atoms with E-state index in [1.165, 1.54) is 21.6 Å². The summed E-state index contributed by atoms with van der Waals surface area (Å²) in [6, 6.07) is 7.70. The minimum atomic E-state index is -3.12. The second-order valence-electron chi connectivity index (χ2n) is 5.04. The molecule has 1 atom stereocenters. The highest BCUT2D eigenvalue weighted by molar-refractivity contribution is 7.94. The van der Waals surface area contributed by atoms with Crippen LogP contribution >= 0.6 is 11.3 Å². The lowest BCUT2D eigenvalue weighted by Crippen LogP contribution is -2.28. The molecule has 2 heterocycles. The van der Waals surface area contributed by atoms with E-state index >= 15 is 0 Å². The smallest absolute Gasteiger partial charge is 0.229 e. The third kappa shape index (κ3) is 2.98. The van der Waals surface area contributed by atoms with Crippen molar-refractivity contribution in [3.8, 4) is 0 Å². The first-order valence-electron chi connectivity index (χ1n) is 6.48. The molecule has 2 aromatic rings. The number of rotatable bonds is 3. The first-order chi connectivity index (χ1) is 9.94. The van der Waals surface area contributed by atoms with Crippen molar-refractivity contribution in [1.29, 1.82) is 0 Å². The Morgan fingerprint density at radius 3 is 2.86 bits per heavy atom. The number of anilines is 1. The molecule has 1 amide bonds. The summed E-state index contributed by atoms with van der Waals surface area (Å²) in [4.78, 5) is 18.2. The Morgan fingerprint density at radius 1 is 1.43 bits per heavy atom. The van der Waals surface area contributed by atoms with Gasteiger partial charge >= 0.3 is 0 Å². The van der Waals surface area contributed by atoms with E-state index < -0.39 is 9.84 Å². The molecule has 1 unspecified atom stereocenters. The zero-order valence-corrected chi connectivity index (χ0v) is 13.0. The van der Waals surface area contributed by atoms with Crippen LogP contribution in [-0.2, 0) is 14.6 Å². The molecule has 0 spiro atoms. The van der Waals surface area contributed by atoms with Crippen LogP contribution in [0.25, 0.3) is 10.2 Å². The molecule has 3 rings (SSSR count). The molecule has 0 fully saturated rings. The maximum absolute atomic E-state index is 12.3. The Bertz CT molecular complexity index is 791. The van der Waals surface area contributed by atoms with Crippen molar-refractivity contribution >= 4 is 42.4 Å². The van der Waals surface area contributed by atoms with Gasteiger partial charge in [0.05, 0.1) is 16.0 Å². The van der Waals surface area contributed by atoms with Crippen LogP contribution in [0.15, 0.2) is 35.7 Å². The number of fused-ring (bicyclic) bond motifs is 1. The molecule has 0 bridgehead atoms. The van der Waals surface area contributed by atoms with Crippen LogP contribution in [0.2, 0.25) is 0 Å². The van der Waals surface area contributed by atoms with Crippen molar-refractivity contribution in [3.05, 3.63) is 35.7 Å². The second-order valence-corrected chi connectivity index (χ2v) is 7.98. The van der Waals surface area contributed by atoms with Crippen LogP contribution < -0.4 is 4.90 Å². The fourth-order valence-corrected chi connectivity index (χ4v) is 4.58. The summed E-state index contributed by atoms with van der Waals surface area (Å²) < 4.78 is 23.7. The molecule has 0 N–H and O–H groups in total. The number of hydrogen-bond donors (Lipinski definition) is 0. The van der Waals surface area contributed by atoms with Crippen LogP contribution in [-0.4, -0.2) is 32.1 Å². The summed E-state index contributed by atoms with van der Waals surface area (Å²) in [5, 5.41) is 1.83. The number of amides is 1. The third-order valence-electron chi connectivity index (χ3n) is 3.38. The van der Waals surface area contributed by atoms with Gasteiger partial charge in [-0.2, -0.15) is 0 Å². The van der Waals surface area contributed by atoms with Gasteiger partial charge in [-0.1, -0.05) is 29.5 Å². The maximum atomic E-state index is 12.3. The molecule has 0 radical (unpaired) electrons. The van der Waals surface area contributed by atoms with E-state index in [1.807, 2.05) is 24.3 Å². The van der Waals surface area contributed by atoms with E-state index in [-0.39, 0.29) is 24.0 Å². The highest BCUT2D eigenvalue weighted by Gasteiger charge is 2.26. The summed E-state index contributed by atoms with van der Waals surface area (Å²) in [7, 11) is -1.44. The summed E-state index contributed by atoms with van der Waals surface area (Å²) in [6.07, 6.45) is 1.78. The number of nitrogens with zero attached hydrogens (tertiary/aromatic N) is 2. The van der Waals surface area contributed by atoms with Gasteiger partial charge in [-0.15, -0.1) is 0 Å². The molecule has 0 aliphatic carbocycles.